The number of sulfonamides is 1. The van der Waals surface area contributed by atoms with E-state index in [-0.39, 0.29) is 4.90 Å². The molecule has 0 spiro atoms. The Hall–Kier alpha value is -0.590. The third-order valence-electron chi connectivity index (χ3n) is 2.90. The van der Waals surface area contributed by atoms with Gasteiger partial charge in [-0.2, -0.15) is 0 Å². The number of nitrogens with one attached hydrogen (secondary N) is 1. The normalized spacial score (nSPS) is 13.1. The molecule has 7 heteroatoms. The first-order valence-electron chi connectivity index (χ1n) is 6.03. The van der Waals surface area contributed by atoms with E-state index >= 15 is 0 Å². The molecule has 1 atom stereocenters. The summed E-state index contributed by atoms with van der Waals surface area (Å²) >= 11 is 15.1. The van der Waals surface area contributed by atoms with Gasteiger partial charge in [-0.3, -0.25) is 0 Å². The third kappa shape index (κ3) is 3.99. The highest BCUT2D eigenvalue weighted by atomic mass is 79.9. The van der Waals surface area contributed by atoms with Crippen LogP contribution in [0.2, 0.25) is 10.0 Å². The molecular formula is C14H12BrCl2NO2S. The van der Waals surface area contributed by atoms with Gasteiger partial charge in [0.05, 0.1) is 14.9 Å². The molecule has 0 aliphatic carbocycles. The van der Waals surface area contributed by atoms with Crippen LogP contribution in [-0.4, -0.2) is 8.42 Å². The summed E-state index contributed by atoms with van der Waals surface area (Å²) in [5.74, 6) is 0. The quantitative estimate of drug-likeness (QED) is 0.789. The van der Waals surface area contributed by atoms with Crippen molar-refractivity contribution in [2.45, 2.75) is 17.9 Å². The first kappa shape index (κ1) is 16.8. The summed E-state index contributed by atoms with van der Waals surface area (Å²) < 4.78 is 27.9. The molecule has 0 aliphatic heterocycles. The summed E-state index contributed by atoms with van der Waals surface area (Å²) in [6.07, 6.45) is 0. The summed E-state index contributed by atoms with van der Waals surface area (Å²) in [4.78, 5) is 0.192. The highest BCUT2D eigenvalue weighted by Gasteiger charge is 2.20. The van der Waals surface area contributed by atoms with Gasteiger partial charge in [0.1, 0.15) is 0 Å². The van der Waals surface area contributed by atoms with E-state index in [1.807, 2.05) is 0 Å². The Bertz CT molecular complexity index is 765. The van der Waals surface area contributed by atoms with E-state index < -0.39 is 16.1 Å². The second-order valence-corrected chi connectivity index (χ2v) is 7.80. The highest BCUT2D eigenvalue weighted by molar-refractivity contribution is 9.10. The number of benzene rings is 2. The van der Waals surface area contributed by atoms with Gasteiger partial charge in [-0.15, -0.1) is 0 Å². The molecule has 0 saturated carbocycles. The Morgan fingerprint density at radius 2 is 1.76 bits per heavy atom. The molecule has 1 N–H and O–H groups in total. The number of hydrogen-bond donors (Lipinski definition) is 1. The lowest BCUT2D eigenvalue weighted by Gasteiger charge is -2.16. The topological polar surface area (TPSA) is 46.2 Å². The minimum Gasteiger partial charge on any atom is -0.207 e. The van der Waals surface area contributed by atoms with E-state index in [0.717, 1.165) is 5.56 Å². The van der Waals surface area contributed by atoms with Crippen LogP contribution < -0.4 is 4.72 Å². The standard InChI is InChI=1S/C14H12BrCl2NO2S/c1-9(10-6-7-12(16)13(17)8-10)18-21(19,20)14-5-3-2-4-11(14)15/h2-9,18H,1H3. The van der Waals surface area contributed by atoms with Gasteiger partial charge in [-0.25, -0.2) is 13.1 Å². The smallest absolute Gasteiger partial charge is 0.207 e. The molecule has 2 aromatic rings. The lowest BCUT2D eigenvalue weighted by Crippen LogP contribution is -2.27. The van der Waals surface area contributed by atoms with Crippen molar-refractivity contribution in [2.24, 2.45) is 0 Å². The van der Waals surface area contributed by atoms with Gasteiger partial charge < -0.3 is 0 Å². The highest BCUT2D eigenvalue weighted by Crippen LogP contribution is 2.27. The van der Waals surface area contributed by atoms with Gasteiger partial charge in [-0.05, 0) is 52.7 Å². The van der Waals surface area contributed by atoms with Crippen LogP contribution in [0.5, 0.6) is 0 Å². The Morgan fingerprint density at radius 1 is 1.10 bits per heavy atom. The van der Waals surface area contributed by atoms with Crippen molar-refractivity contribution in [1.29, 1.82) is 0 Å². The molecule has 0 fully saturated rings. The van der Waals surface area contributed by atoms with Gasteiger partial charge in [0.25, 0.3) is 0 Å². The molecule has 3 nitrogen and oxygen atoms in total. The van der Waals surface area contributed by atoms with Crippen molar-refractivity contribution in [3.63, 3.8) is 0 Å². The molecule has 0 aliphatic rings. The monoisotopic (exact) mass is 407 g/mol. The predicted octanol–water partition coefficient (Wildman–Crippen LogP) is 4.80. The van der Waals surface area contributed by atoms with Gasteiger partial charge in [0.15, 0.2) is 0 Å². The van der Waals surface area contributed by atoms with Crippen molar-refractivity contribution in [3.05, 3.63) is 62.5 Å². The van der Waals surface area contributed by atoms with E-state index in [1.54, 1.807) is 43.3 Å². The van der Waals surface area contributed by atoms with E-state index in [9.17, 15) is 8.42 Å². The fraction of sp³-hybridized carbons (Fsp3) is 0.143. The maximum absolute atomic E-state index is 12.4. The number of hydrogen-bond acceptors (Lipinski definition) is 2. The molecule has 1 unspecified atom stereocenters. The second kappa shape index (κ2) is 6.67. The summed E-state index contributed by atoms with van der Waals surface area (Å²) in [6, 6.07) is 11.2. The van der Waals surface area contributed by atoms with Crippen LogP contribution in [0.25, 0.3) is 0 Å². The summed E-state index contributed by atoms with van der Waals surface area (Å²) in [5.41, 5.74) is 0.736. The fourth-order valence-corrected chi connectivity index (χ4v) is 4.35. The first-order valence-corrected chi connectivity index (χ1v) is 9.06. The molecule has 0 radical (unpaired) electrons. The maximum atomic E-state index is 12.4. The minimum absolute atomic E-state index is 0.192. The lowest BCUT2D eigenvalue weighted by atomic mass is 10.1. The minimum atomic E-state index is -3.63. The van der Waals surface area contributed by atoms with E-state index in [4.69, 9.17) is 23.2 Å². The average molecular weight is 409 g/mol. The first-order chi connectivity index (χ1) is 9.81. The Kier molecular flexibility index (Phi) is 5.33. The SMILES string of the molecule is CC(NS(=O)(=O)c1ccccc1Br)c1ccc(Cl)c(Cl)c1. The van der Waals surface area contributed by atoms with Crippen molar-refractivity contribution in [2.75, 3.05) is 0 Å². The third-order valence-corrected chi connectivity index (χ3v) is 6.19. The van der Waals surface area contributed by atoms with Crippen LogP contribution in [-0.2, 0) is 10.0 Å². The zero-order valence-electron chi connectivity index (χ0n) is 11.0. The molecule has 0 bridgehead atoms. The van der Waals surface area contributed by atoms with Crippen molar-refractivity contribution in [1.82, 2.24) is 4.72 Å². The van der Waals surface area contributed by atoms with Gasteiger partial charge in [0, 0.05) is 10.5 Å². The zero-order chi connectivity index (χ0) is 15.6. The van der Waals surface area contributed by atoms with Gasteiger partial charge >= 0.3 is 0 Å². The molecule has 2 rings (SSSR count). The molecule has 2 aromatic carbocycles. The van der Waals surface area contributed by atoms with E-state index in [2.05, 4.69) is 20.7 Å². The van der Waals surface area contributed by atoms with E-state index in [0.29, 0.717) is 14.5 Å². The molecule has 0 saturated heterocycles. The summed E-state index contributed by atoms with van der Waals surface area (Å²) in [5, 5.41) is 0.822. The summed E-state index contributed by atoms with van der Waals surface area (Å²) in [6.45, 7) is 1.74. The van der Waals surface area contributed by atoms with Crippen molar-refractivity contribution in [3.8, 4) is 0 Å². The van der Waals surface area contributed by atoms with Gasteiger partial charge in [0.2, 0.25) is 10.0 Å². The molecule has 21 heavy (non-hydrogen) atoms. The number of halogens is 3. The Balaban J connectivity index is 2.28. The summed E-state index contributed by atoms with van der Waals surface area (Å²) in [7, 11) is -3.63. The van der Waals surface area contributed by atoms with E-state index in [1.165, 1.54) is 6.07 Å². The van der Waals surface area contributed by atoms with Crippen LogP contribution in [0.3, 0.4) is 0 Å². The maximum Gasteiger partial charge on any atom is 0.242 e. The lowest BCUT2D eigenvalue weighted by molar-refractivity contribution is 0.566. The van der Waals surface area contributed by atoms with Crippen LogP contribution in [0.15, 0.2) is 51.8 Å². The van der Waals surface area contributed by atoms with Crippen LogP contribution >= 0.6 is 39.1 Å². The zero-order valence-corrected chi connectivity index (χ0v) is 14.9. The van der Waals surface area contributed by atoms with Crippen LogP contribution in [0.1, 0.15) is 18.5 Å². The molecule has 0 heterocycles. The molecule has 112 valence electrons. The van der Waals surface area contributed by atoms with Crippen LogP contribution in [0, 0.1) is 0 Å². The van der Waals surface area contributed by atoms with Crippen LogP contribution in [0.4, 0.5) is 0 Å². The van der Waals surface area contributed by atoms with Crippen molar-refractivity contribution < 1.29 is 8.42 Å². The fourth-order valence-electron chi connectivity index (χ4n) is 1.81. The largest absolute Gasteiger partial charge is 0.242 e. The number of rotatable bonds is 4. The van der Waals surface area contributed by atoms with Gasteiger partial charge in [-0.1, -0.05) is 41.4 Å². The molecule has 0 aromatic heterocycles. The average Bonchev–Trinajstić information content (AvgIpc) is 2.41. The molecule has 0 amide bonds. The second-order valence-electron chi connectivity index (χ2n) is 4.45. The van der Waals surface area contributed by atoms with Crippen molar-refractivity contribution >= 4 is 49.2 Å². The molecular weight excluding hydrogens is 397 g/mol. The Morgan fingerprint density at radius 3 is 2.38 bits per heavy atom. The Labute approximate surface area is 142 Å². The predicted molar refractivity (Wildman–Crippen MR) is 89.3 cm³/mol.